The van der Waals surface area contributed by atoms with Crippen LogP contribution in [-0.4, -0.2) is 18.4 Å². The van der Waals surface area contributed by atoms with Crippen LogP contribution in [0.3, 0.4) is 0 Å². The van der Waals surface area contributed by atoms with Crippen LogP contribution >= 0.6 is 0 Å². The van der Waals surface area contributed by atoms with Gasteiger partial charge in [0.05, 0.1) is 0 Å². The maximum absolute atomic E-state index is 10.1. The van der Waals surface area contributed by atoms with E-state index in [2.05, 4.69) is 14.2 Å². The van der Waals surface area contributed by atoms with Crippen molar-refractivity contribution in [1.29, 1.82) is 0 Å². The number of thiol groups is 1. The molecule has 0 bridgehead atoms. The molecule has 0 fully saturated rings. The second-order valence-electron chi connectivity index (χ2n) is 2.56. The summed E-state index contributed by atoms with van der Waals surface area (Å²) in [5, 5.41) is 0. The standard InChI is InChI=1S/C7H10N2O3S/c1-5-3-6(2)9-7(8-5)4-12-13(10)11/h3,13H,4H2,1-2H3. The summed E-state index contributed by atoms with van der Waals surface area (Å²) in [4.78, 5) is 8.00. The van der Waals surface area contributed by atoms with E-state index in [1.54, 1.807) is 6.07 Å². The number of hydrogen-bond donors (Lipinski definition) is 1. The van der Waals surface area contributed by atoms with Crippen molar-refractivity contribution in [3.63, 3.8) is 0 Å². The van der Waals surface area contributed by atoms with Gasteiger partial charge < -0.3 is 0 Å². The second-order valence-corrected chi connectivity index (χ2v) is 3.27. The summed E-state index contributed by atoms with van der Waals surface area (Å²) in [6, 6.07) is 1.81. The highest BCUT2D eigenvalue weighted by molar-refractivity contribution is 7.67. The third kappa shape index (κ3) is 3.47. The van der Waals surface area contributed by atoms with E-state index in [-0.39, 0.29) is 6.61 Å². The lowest BCUT2D eigenvalue weighted by Gasteiger charge is -2.00. The monoisotopic (exact) mass is 202 g/mol. The average molecular weight is 202 g/mol. The van der Waals surface area contributed by atoms with Crippen LogP contribution < -0.4 is 0 Å². The molecule has 0 spiro atoms. The second kappa shape index (κ2) is 4.29. The van der Waals surface area contributed by atoms with E-state index in [9.17, 15) is 8.42 Å². The molecular weight excluding hydrogens is 192 g/mol. The Kier molecular flexibility index (Phi) is 3.32. The van der Waals surface area contributed by atoms with Gasteiger partial charge >= 0.3 is 0 Å². The number of hydrogen-bond acceptors (Lipinski definition) is 5. The zero-order valence-electron chi connectivity index (χ0n) is 7.35. The molecule has 0 saturated carbocycles. The minimum absolute atomic E-state index is 0.0960. The smallest absolute Gasteiger partial charge is 0.257 e. The van der Waals surface area contributed by atoms with Crippen LogP contribution in [0.15, 0.2) is 6.07 Å². The van der Waals surface area contributed by atoms with Crippen LogP contribution in [0.5, 0.6) is 0 Å². The van der Waals surface area contributed by atoms with E-state index in [0.717, 1.165) is 11.4 Å². The van der Waals surface area contributed by atoms with Crippen molar-refractivity contribution in [2.45, 2.75) is 20.5 Å². The third-order valence-electron chi connectivity index (χ3n) is 1.33. The zero-order valence-corrected chi connectivity index (χ0v) is 8.25. The first-order valence-electron chi connectivity index (χ1n) is 3.66. The maximum Gasteiger partial charge on any atom is 0.257 e. The van der Waals surface area contributed by atoms with Gasteiger partial charge in [0.1, 0.15) is 6.61 Å². The first-order chi connectivity index (χ1) is 6.08. The van der Waals surface area contributed by atoms with E-state index >= 15 is 0 Å². The largest absolute Gasteiger partial charge is 0.264 e. The number of nitrogens with zero attached hydrogens (tertiary/aromatic N) is 2. The molecule has 0 aromatic carbocycles. The van der Waals surface area contributed by atoms with Crippen LogP contribution in [0, 0.1) is 13.8 Å². The lowest BCUT2D eigenvalue weighted by atomic mass is 10.3. The van der Waals surface area contributed by atoms with Crippen molar-refractivity contribution in [2.75, 3.05) is 0 Å². The fraction of sp³-hybridized carbons (Fsp3) is 0.429. The topological polar surface area (TPSA) is 69.2 Å². The maximum atomic E-state index is 10.1. The Morgan fingerprint density at radius 1 is 1.31 bits per heavy atom. The van der Waals surface area contributed by atoms with Gasteiger partial charge in [-0.15, -0.1) is 0 Å². The highest BCUT2D eigenvalue weighted by Crippen LogP contribution is 2.00. The minimum Gasteiger partial charge on any atom is -0.264 e. The van der Waals surface area contributed by atoms with Gasteiger partial charge in [0.2, 0.25) is 0 Å². The fourth-order valence-electron chi connectivity index (χ4n) is 0.974. The Balaban J connectivity index is 2.77. The molecule has 1 rings (SSSR count). The molecule has 0 atom stereocenters. The Bertz CT molecular complexity index is 348. The molecule has 0 radical (unpaired) electrons. The Labute approximate surface area is 77.9 Å². The highest BCUT2D eigenvalue weighted by Gasteiger charge is 1.99. The summed E-state index contributed by atoms with van der Waals surface area (Å²) >= 11 is 0. The predicted octanol–water partition coefficient (Wildman–Crippen LogP) is 0.136. The van der Waals surface area contributed by atoms with Crippen LogP contribution in [0.1, 0.15) is 17.2 Å². The quantitative estimate of drug-likeness (QED) is 0.706. The van der Waals surface area contributed by atoms with Gasteiger partial charge in [0.25, 0.3) is 11.0 Å². The molecule has 0 amide bonds. The highest BCUT2D eigenvalue weighted by atomic mass is 32.2. The molecule has 1 aromatic heterocycles. The molecule has 1 heterocycles. The molecule has 0 aliphatic rings. The summed E-state index contributed by atoms with van der Waals surface area (Å²) in [6.07, 6.45) is 0. The molecule has 0 unspecified atom stereocenters. The molecule has 0 aliphatic carbocycles. The molecular formula is C7H10N2O3S. The molecule has 72 valence electrons. The third-order valence-corrected chi connectivity index (χ3v) is 1.67. The summed E-state index contributed by atoms with van der Waals surface area (Å²) in [7, 11) is -2.82. The summed E-state index contributed by atoms with van der Waals surface area (Å²) in [5.41, 5.74) is 1.60. The van der Waals surface area contributed by atoms with E-state index < -0.39 is 11.0 Å². The van der Waals surface area contributed by atoms with Crippen molar-refractivity contribution < 1.29 is 12.6 Å². The summed E-state index contributed by atoms with van der Waals surface area (Å²) in [6.45, 7) is 3.53. The van der Waals surface area contributed by atoms with Gasteiger partial charge in [-0.05, 0) is 19.9 Å². The van der Waals surface area contributed by atoms with E-state index in [1.807, 2.05) is 13.8 Å². The molecule has 6 heteroatoms. The van der Waals surface area contributed by atoms with E-state index in [4.69, 9.17) is 0 Å². The van der Waals surface area contributed by atoms with Gasteiger partial charge in [-0.2, -0.15) is 0 Å². The fourth-order valence-corrected chi connectivity index (χ4v) is 1.19. The van der Waals surface area contributed by atoms with Crippen molar-refractivity contribution in [1.82, 2.24) is 9.97 Å². The van der Waals surface area contributed by atoms with Crippen LogP contribution in [0.25, 0.3) is 0 Å². The molecule has 0 saturated heterocycles. The summed E-state index contributed by atoms with van der Waals surface area (Å²) < 4.78 is 24.6. The zero-order chi connectivity index (χ0) is 9.84. The Morgan fingerprint density at radius 2 is 1.85 bits per heavy atom. The molecule has 1 aromatic rings. The van der Waals surface area contributed by atoms with Crippen molar-refractivity contribution in [3.8, 4) is 0 Å². The van der Waals surface area contributed by atoms with Crippen LogP contribution in [0.2, 0.25) is 0 Å². The summed E-state index contributed by atoms with van der Waals surface area (Å²) in [5.74, 6) is 0.386. The minimum atomic E-state index is -2.82. The number of aryl methyl sites for hydroxylation is 2. The van der Waals surface area contributed by atoms with Gasteiger partial charge in [0, 0.05) is 11.4 Å². The van der Waals surface area contributed by atoms with Crippen LogP contribution in [-0.2, 0) is 21.8 Å². The van der Waals surface area contributed by atoms with Gasteiger partial charge in [-0.1, -0.05) is 0 Å². The number of rotatable bonds is 3. The molecule has 13 heavy (non-hydrogen) atoms. The van der Waals surface area contributed by atoms with Crippen molar-refractivity contribution in [2.24, 2.45) is 0 Å². The SMILES string of the molecule is Cc1cc(C)nc(CO[SH](=O)=O)n1. The Hall–Kier alpha value is -1.01. The molecule has 5 nitrogen and oxygen atoms in total. The molecule has 0 N–H and O–H groups in total. The average Bonchev–Trinajstić information content (AvgIpc) is 1.99. The first-order valence-corrected chi connectivity index (χ1v) is 4.76. The van der Waals surface area contributed by atoms with Gasteiger partial charge in [-0.3, -0.25) is 4.18 Å². The van der Waals surface area contributed by atoms with Crippen molar-refractivity contribution in [3.05, 3.63) is 23.3 Å². The normalized spacial score (nSPS) is 10.7. The van der Waals surface area contributed by atoms with Gasteiger partial charge in [0.15, 0.2) is 5.82 Å². The predicted molar refractivity (Wildman–Crippen MR) is 46.6 cm³/mol. The van der Waals surface area contributed by atoms with Gasteiger partial charge in [-0.25, -0.2) is 18.4 Å². The first kappa shape index (κ1) is 10.1. The Morgan fingerprint density at radius 3 is 2.31 bits per heavy atom. The molecule has 0 aliphatic heterocycles. The van der Waals surface area contributed by atoms with E-state index in [1.165, 1.54) is 0 Å². The van der Waals surface area contributed by atoms with Crippen LogP contribution in [0.4, 0.5) is 0 Å². The number of aromatic nitrogens is 2. The van der Waals surface area contributed by atoms with E-state index in [0.29, 0.717) is 5.82 Å². The lowest BCUT2D eigenvalue weighted by Crippen LogP contribution is -2.01. The lowest BCUT2D eigenvalue weighted by molar-refractivity contribution is 0.312. The van der Waals surface area contributed by atoms with Crippen molar-refractivity contribution >= 4 is 11.0 Å².